The van der Waals surface area contributed by atoms with Crippen molar-refractivity contribution in [3.63, 3.8) is 0 Å². The summed E-state index contributed by atoms with van der Waals surface area (Å²) in [6, 6.07) is 10.5. The average molecular weight is 465 g/mol. The smallest absolute Gasteiger partial charge is 0.249 e. The maximum Gasteiger partial charge on any atom is 0.249 e. The van der Waals surface area contributed by atoms with Gasteiger partial charge >= 0.3 is 0 Å². The first kappa shape index (κ1) is 22.5. The van der Waals surface area contributed by atoms with E-state index in [9.17, 15) is 13.6 Å². The fourth-order valence-electron chi connectivity index (χ4n) is 5.34. The molecule has 0 unspecified atom stereocenters. The Bertz CT molecular complexity index is 1270. The lowest BCUT2D eigenvalue weighted by Crippen LogP contribution is -2.37. The van der Waals surface area contributed by atoms with Gasteiger partial charge in [-0.1, -0.05) is 0 Å². The van der Waals surface area contributed by atoms with E-state index in [4.69, 9.17) is 10.1 Å². The van der Waals surface area contributed by atoms with Gasteiger partial charge in [0.15, 0.2) is 0 Å². The van der Waals surface area contributed by atoms with E-state index in [0.29, 0.717) is 30.0 Å². The molecule has 1 aliphatic heterocycles. The Hall–Kier alpha value is -3.31. The minimum Gasteiger partial charge on any atom is -0.328 e. The van der Waals surface area contributed by atoms with Crippen molar-refractivity contribution in [1.29, 1.82) is 5.26 Å². The lowest BCUT2D eigenvalue weighted by Gasteiger charge is -2.32. The van der Waals surface area contributed by atoms with Crippen molar-refractivity contribution in [1.82, 2.24) is 14.6 Å². The standard InChI is InChI=1S/C26H26F2N4O2/c1-16-30-23-13-21(27)6-7-25(23)31(16)15-17-2-4-19(5-3-17)26(33)32-24(8-9-34-32)20-10-18(14-29)11-22(28)12-20/h6-7,10-13,17,19,24H,2-5,8-9,15H2,1H3/t17-,19-,24-/m0/s1. The van der Waals surface area contributed by atoms with Crippen LogP contribution >= 0.6 is 0 Å². The predicted octanol–water partition coefficient (Wildman–Crippen LogP) is 5.21. The molecule has 1 aromatic heterocycles. The second-order valence-corrected chi connectivity index (χ2v) is 9.31. The molecule has 0 N–H and O–H groups in total. The first-order chi connectivity index (χ1) is 16.4. The molecule has 2 aromatic carbocycles. The Morgan fingerprint density at radius 2 is 1.91 bits per heavy atom. The van der Waals surface area contributed by atoms with Crippen LogP contribution in [-0.4, -0.2) is 27.1 Å². The minimum absolute atomic E-state index is 0.0662. The number of hydroxylamine groups is 2. The Balaban J connectivity index is 1.24. The van der Waals surface area contributed by atoms with Gasteiger partial charge in [0.05, 0.1) is 35.3 Å². The van der Waals surface area contributed by atoms with Gasteiger partial charge in [-0.2, -0.15) is 5.26 Å². The molecular formula is C26H26F2N4O2. The molecule has 0 radical (unpaired) electrons. The molecule has 2 heterocycles. The van der Waals surface area contributed by atoms with Crippen LogP contribution in [0.25, 0.3) is 11.0 Å². The van der Waals surface area contributed by atoms with Crippen molar-refractivity contribution in [2.75, 3.05) is 6.61 Å². The first-order valence-electron chi connectivity index (χ1n) is 11.7. The first-order valence-corrected chi connectivity index (χ1v) is 11.7. The van der Waals surface area contributed by atoms with Gasteiger partial charge in [-0.15, -0.1) is 0 Å². The van der Waals surface area contributed by atoms with Crippen molar-refractivity contribution < 1.29 is 18.4 Å². The van der Waals surface area contributed by atoms with Crippen LogP contribution < -0.4 is 0 Å². The molecule has 2 aliphatic rings. The van der Waals surface area contributed by atoms with E-state index in [0.717, 1.165) is 43.6 Å². The van der Waals surface area contributed by atoms with E-state index < -0.39 is 5.82 Å². The second kappa shape index (κ2) is 9.15. The van der Waals surface area contributed by atoms with Crippen LogP contribution in [0.15, 0.2) is 36.4 Å². The second-order valence-electron chi connectivity index (χ2n) is 9.31. The van der Waals surface area contributed by atoms with Crippen molar-refractivity contribution in [3.05, 3.63) is 65.0 Å². The molecule has 0 spiro atoms. The van der Waals surface area contributed by atoms with E-state index in [1.54, 1.807) is 12.1 Å². The van der Waals surface area contributed by atoms with Gasteiger partial charge in [0, 0.05) is 24.9 Å². The monoisotopic (exact) mass is 464 g/mol. The topological polar surface area (TPSA) is 71.2 Å². The predicted molar refractivity (Wildman–Crippen MR) is 121 cm³/mol. The van der Waals surface area contributed by atoms with E-state index in [1.807, 2.05) is 13.0 Å². The van der Waals surface area contributed by atoms with Crippen LogP contribution in [0, 0.1) is 41.7 Å². The number of rotatable bonds is 4. The molecule has 0 bridgehead atoms. The summed E-state index contributed by atoms with van der Waals surface area (Å²) in [5, 5.41) is 10.6. The molecule has 5 rings (SSSR count). The van der Waals surface area contributed by atoms with Crippen LogP contribution in [0.3, 0.4) is 0 Å². The number of aromatic nitrogens is 2. The van der Waals surface area contributed by atoms with Gasteiger partial charge in [-0.25, -0.2) is 18.8 Å². The highest BCUT2D eigenvalue weighted by Gasteiger charge is 2.37. The van der Waals surface area contributed by atoms with Gasteiger partial charge in [-0.05, 0) is 74.4 Å². The Labute approximate surface area is 196 Å². The molecule has 1 amide bonds. The highest BCUT2D eigenvalue weighted by molar-refractivity contribution is 5.78. The molecule has 34 heavy (non-hydrogen) atoms. The third kappa shape index (κ3) is 4.28. The largest absolute Gasteiger partial charge is 0.328 e. The molecule has 6 nitrogen and oxygen atoms in total. The van der Waals surface area contributed by atoms with E-state index in [2.05, 4.69) is 9.55 Å². The summed E-state index contributed by atoms with van der Waals surface area (Å²) in [7, 11) is 0. The molecular weight excluding hydrogens is 438 g/mol. The van der Waals surface area contributed by atoms with Crippen molar-refractivity contribution in [2.45, 2.75) is 51.6 Å². The zero-order valence-corrected chi connectivity index (χ0v) is 19.0. The molecule has 1 aliphatic carbocycles. The summed E-state index contributed by atoms with van der Waals surface area (Å²) in [6.07, 6.45) is 3.87. The summed E-state index contributed by atoms with van der Waals surface area (Å²) < 4.78 is 29.7. The summed E-state index contributed by atoms with van der Waals surface area (Å²) >= 11 is 0. The molecule has 1 saturated heterocycles. The van der Waals surface area contributed by atoms with Gasteiger partial charge in [0.2, 0.25) is 5.91 Å². The number of fused-ring (bicyclic) bond motifs is 1. The summed E-state index contributed by atoms with van der Waals surface area (Å²) in [4.78, 5) is 23.5. The van der Waals surface area contributed by atoms with Gasteiger partial charge in [0.1, 0.15) is 17.5 Å². The SMILES string of the molecule is Cc1nc2cc(F)ccc2n1C[C@H]1CC[C@H](C(=O)N2OCC[C@H]2c2cc(F)cc(C#N)c2)CC1. The average Bonchev–Trinajstić information content (AvgIpc) is 3.43. The summed E-state index contributed by atoms with van der Waals surface area (Å²) in [6.45, 7) is 3.11. The lowest BCUT2D eigenvalue weighted by atomic mass is 9.81. The minimum atomic E-state index is -0.487. The van der Waals surface area contributed by atoms with Crippen LogP contribution in [0.2, 0.25) is 0 Å². The number of carbonyl (C=O) groups excluding carboxylic acids is 1. The molecule has 8 heteroatoms. The maximum atomic E-state index is 14.0. The third-order valence-corrected chi connectivity index (χ3v) is 7.09. The third-order valence-electron chi connectivity index (χ3n) is 7.09. The Morgan fingerprint density at radius 1 is 1.12 bits per heavy atom. The van der Waals surface area contributed by atoms with Crippen LogP contribution in [-0.2, 0) is 16.2 Å². The number of benzene rings is 2. The van der Waals surface area contributed by atoms with Crippen molar-refractivity contribution >= 4 is 16.9 Å². The number of aryl methyl sites for hydroxylation is 1. The van der Waals surface area contributed by atoms with Crippen molar-refractivity contribution in [2.24, 2.45) is 11.8 Å². The van der Waals surface area contributed by atoms with Crippen molar-refractivity contribution in [3.8, 4) is 6.07 Å². The number of imidazole rings is 1. The Morgan fingerprint density at radius 3 is 2.68 bits per heavy atom. The quantitative estimate of drug-likeness (QED) is 0.532. The highest BCUT2D eigenvalue weighted by Crippen LogP contribution is 2.37. The van der Waals surface area contributed by atoms with E-state index in [1.165, 1.54) is 29.3 Å². The van der Waals surface area contributed by atoms with Gasteiger partial charge < -0.3 is 4.57 Å². The molecule has 176 valence electrons. The van der Waals surface area contributed by atoms with Gasteiger partial charge in [-0.3, -0.25) is 9.63 Å². The molecule has 3 aromatic rings. The Kier molecular flexibility index (Phi) is 6.05. The number of halogens is 2. The number of amides is 1. The van der Waals surface area contributed by atoms with Crippen LogP contribution in [0.1, 0.15) is 55.1 Å². The molecule has 1 saturated carbocycles. The van der Waals surface area contributed by atoms with Gasteiger partial charge in [0.25, 0.3) is 0 Å². The number of carbonyl (C=O) groups is 1. The van der Waals surface area contributed by atoms with Crippen LogP contribution in [0.4, 0.5) is 8.78 Å². The normalized spacial score (nSPS) is 22.8. The number of hydrogen-bond acceptors (Lipinski definition) is 4. The van der Waals surface area contributed by atoms with Crippen LogP contribution in [0.5, 0.6) is 0 Å². The molecule has 1 atom stereocenters. The number of nitriles is 1. The molecule has 2 fully saturated rings. The van der Waals surface area contributed by atoms with E-state index >= 15 is 0 Å². The highest BCUT2D eigenvalue weighted by atomic mass is 19.1. The maximum absolute atomic E-state index is 14.0. The fraction of sp³-hybridized carbons (Fsp3) is 0.423. The van der Waals surface area contributed by atoms with E-state index in [-0.39, 0.29) is 29.2 Å². The zero-order chi connectivity index (χ0) is 23.8. The lowest BCUT2D eigenvalue weighted by molar-refractivity contribution is -0.183. The fourth-order valence-corrected chi connectivity index (χ4v) is 5.34. The zero-order valence-electron chi connectivity index (χ0n) is 19.0. The summed E-state index contributed by atoms with van der Waals surface area (Å²) in [5.41, 5.74) is 2.42. The number of hydrogen-bond donors (Lipinski definition) is 0. The summed E-state index contributed by atoms with van der Waals surface area (Å²) in [5.74, 6) is 0.277. The number of nitrogens with zero attached hydrogens (tertiary/aromatic N) is 4.